The first kappa shape index (κ1) is 10.4. The second kappa shape index (κ2) is 4.55. The SMILES string of the molecule is CC1=COCO1.Cc1oc(=O)oc1C. The zero-order valence-electron chi connectivity index (χ0n) is 8.33. The molecule has 0 amide bonds. The smallest absolute Gasteiger partial charge is 0.462 e. The molecule has 0 saturated carbocycles. The molecule has 0 N–H and O–H groups in total. The lowest BCUT2D eigenvalue weighted by Crippen LogP contribution is -1.85. The van der Waals surface area contributed by atoms with Crippen LogP contribution in [-0.2, 0) is 9.47 Å². The van der Waals surface area contributed by atoms with Crippen molar-refractivity contribution in [3.05, 3.63) is 34.2 Å². The van der Waals surface area contributed by atoms with Crippen molar-refractivity contribution in [3.63, 3.8) is 0 Å². The molecular weight excluding hydrogens is 188 g/mol. The number of hydrogen-bond donors (Lipinski definition) is 0. The molecule has 0 spiro atoms. The number of rotatable bonds is 0. The molecular formula is C9H12O5. The van der Waals surface area contributed by atoms with Gasteiger partial charge in [-0.3, -0.25) is 0 Å². The molecule has 0 bridgehead atoms. The van der Waals surface area contributed by atoms with E-state index in [0.717, 1.165) is 5.76 Å². The van der Waals surface area contributed by atoms with Crippen LogP contribution in [0.3, 0.4) is 0 Å². The Morgan fingerprint density at radius 2 is 1.71 bits per heavy atom. The van der Waals surface area contributed by atoms with Crippen LogP contribution in [0.15, 0.2) is 25.7 Å². The molecule has 0 radical (unpaired) electrons. The molecule has 78 valence electrons. The summed E-state index contributed by atoms with van der Waals surface area (Å²) in [5.74, 6) is 1.33. The average molecular weight is 200 g/mol. The summed E-state index contributed by atoms with van der Waals surface area (Å²) in [7, 11) is 0. The standard InChI is InChI=1S/C5H6O3.C4H6O2/c1-3-4(2)8-5(6)7-3;1-4-2-5-3-6-4/h1-2H3;2H,3H2,1H3. The van der Waals surface area contributed by atoms with E-state index < -0.39 is 5.82 Å². The van der Waals surface area contributed by atoms with Crippen LogP contribution in [0.4, 0.5) is 0 Å². The lowest BCUT2D eigenvalue weighted by atomic mass is 10.4. The van der Waals surface area contributed by atoms with E-state index in [2.05, 4.69) is 13.6 Å². The van der Waals surface area contributed by atoms with E-state index in [1.54, 1.807) is 20.1 Å². The van der Waals surface area contributed by atoms with Crippen molar-refractivity contribution in [3.8, 4) is 0 Å². The van der Waals surface area contributed by atoms with Gasteiger partial charge in [-0.25, -0.2) is 4.79 Å². The van der Waals surface area contributed by atoms with Crippen molar-refractivity contribution in [2.75, 3.05) is 6.79 Å². The molecule has 1 aromatic rings. The minimum atomic E-state index is -0.625. The molecule has 14 heavy (non-hydrogen) atoms. The Labute approximate surface area is 80.9 Å². The van der Waals surface area contributed by atoms with Crippen molar-refractivity contribution < 1.29 is 18.3 Å². The maximum absolute atomic E-state index is 10.2. The quantitative estimate of drug-likeness (QED) is 0.637. The fourth-order valence-electron chi connectivity index (χ4n) is 0.727. The lowest BCUT2D eigenvalue weighted by molar-refractivity contribution is 0.0813. The molecule has 1 aromatic heterocycles. The van der Waals surface area contributed by atoms with Crippen LogP contribution in [0.25, 0.3) is 0 Å². The molecule has 2 heterocycles. The molecule has 5 nitrogen and oxygen atoms in total. The van der Waals surface area contributed by atoms with Gasteiger partial charge in [0.15, 0.2) is 0 Å². The topological polar surface area (TPSA) is 61.8 Å². The van der Waals surface area contributed by atoms with Crippen molar-refractivity contribution >= 4 is 0 Å². The van der Waals surface area contributed by atoms with Crippen LogP contribution in [0.1, 0.15) is 18.4 Å². The van der Waals surface area contributed by atoms with Crippen LogP contribution < -0.4 is 5.82 Å². The van der Waals surface area contributed by atoms with Gasteiger partial charge in [-0.15, -0.1) is 0 Å². The fourth-order valence-corrected chi connectivity index (χ4v) is 0.727. The van der Waals surface area contributed by atoms with Gasteiger partial charge in [0.2, 0.25) is 6.79 Å². The van der Waals surface area contributed by atoms with Crippen LogP contribution in [-0.4, -0.2) is 6.79 Å². The largest absolute Gasteiger partial charge is 0.518 e. The highest BCUT2D eigenvalue weighted by Crippen LogP contribution is 2.02. The lowest BCUT2D eigenvalue weighted by Gasteiger charge is -1.87. The summed E-state index contributed by atoms with van der Waals surface area (Å²) in [6.07, 6.45) is 1.60. The van der Waals surface area contributed by atoms with Gasteiger partial charge in [0.25, 0.3) is 0 Å². The van der Waals surface area contributed by atoms with Gasteiger partial charge < -0.3 is 18.3 Å². The Kier molecular flexibility index (Phi) is 3.39. The van der Waals surface area contributed by atoms with E-state index in [1.165, 1.54) is 0 Å². The first-order valence-electron chi connectivity index (χ1n) is 4.08. The summed E-state index contributed by atoms with van der Waals surface area (Å²) in [5, 5.41) is 0. The van der Waals surface area contributed by atoms with Crippen LogP contribution in [0.5, 0.6) is 0 Å². The first-order chi connectivity index (χ1) is 6.59. The molecule has 0 aromatic carbocycles. The maximum atomic E-state index is 10.2. The third-order valence-corrected chi connectivity index (χ3v) is 1.57. The van der Waals surface area contributed by atoms with E-state index >= 15 is 0 Å². The molecule has 0 unspecified atom stereocenters. The summed E-state index contributed by atoms with van der Waals surface area (Å²) >= 11 is 0. The summed E-state index contributed by atoms with van der Waals surface area (Å²) in [4.78, 5) is 10.2. The molecule has 0 saturated heterocycles. The minimum absolute atomic E-state index is 0.395. The van der Waals surface area contributed by atoms with Crippen LogP contribution in [0.2, 0.25) is 0 Å². The number of hydrogen-bond acceptors (Lipinski definition) is 5. The highest BCUT2D eigenvalue weighted by atomic mass is 16.7. The van der Waals surface area contributed by atoms with Gasteiger partial charge in [0.1, 0.15) is 23.5 Å². The van der Waals surface area contributed by atoms with E-state index in [-0.39, 0.29) is 0 Å². The number of aryl methyl sites for hydroxylation is 2. The Morgan fingerprint density at radius 1 is 1.14 bits per heavy atom. The first-order valence-corrected chi connectivity index (χ1v) is 4.08. The molecule has 1 aliphatic rings. The summed E-state index contributed by atoms with van der Waals surface area (Å²) in [6.45, 7) is 5.61. The predicted molar refractivity (Wildman–Crippen MR) is 47.5 cm³/mol. The monoisotopic (exact) mass is 200 g/mol. The summed E-state index contributed by atoms with van der Waals surface area (Å²) in [6, 6.07) is 0. The van der Waals surface area contributed by atoms with Gasteiger partial charge in [0, 0.05) is 0 Å². The molecule has 2 rings (SSSR count). The Morgan fingerprint density at radius 3 is 1.86 bits per heavy atom. The second-order valence-electron chi connectivity index (χ2n) is 2.72. The zero-order valence-corrected chi connectivity index (χ0v) is 8.33. The Bertz CT molecular complexity index is 348. The van der Waals surface area contributed by atoms with Crippen molar-refractivity contribution in [2.24, 2.45) is 0 Å². The summed E-state index contributed by atoms with van der Waals surface area (Å²) in [5.41, 5.74) is 0. The van der Waals surface area contributed by atoms with Gasteiger partial charge in [-0.2, -0.15) is 0 Å². The van der Waals surface area contributed by atoms with Gasteiger partial charge in [-0.1, -0.05) is 0 Å². The third-order valence-electron chi connectivity index (χ3n) is 1.57. The van der Waals surface area contributed by atoms with Gasteiger partial charge in [0.05, 0.1) is 0 Å². The summed E-state index contributed by atoms with van der Waals surface area (Å²) < 4.78 is 18.4. The van der Waals surface area contributed by atoms with E-state index in [0.29, 0.717) is 18.3 Å². The normalized spacial score (nSPS) is 13.5. The van der Waals surface area contributed by atoms with Crippen molar-refractivity contribution in [2.45, 2.75) is 20.8 Å². The third kappa shape index (κ3) is 3.01. The van der Waals surface area contributed by atoms with Crippen LogP contribution in [0, 0.1) is 13.8 Å². The second-order valence-corrected chi connectivity index (χ2v) is 2.72. The van der Waals surface area contributed by atoms with E-state index in [9.17, 15) is 4.79 Å². The molecule has 0 fully saturated rings. The molecule has 1 aliphatic heterocycles. The number of ether oxygens (including phenoxy) is 2. The highest BCUT2D eigenvalue weighted by molar-refractivity contribution is 4.95. The molecule has 5 heteroatoms. The Balaban J connectivity index is 0.000000146. The van der Waals surface area contributed by atoms with Crippen molar-refractivity contribution in [1.29, 1.82) is 0 Å². The molecule has 0 aliphatic carbocycles. The maximum Gasteiger partial charge on any atom is 0.518 e. The zero-order chi connectivity index (χ0) is 10.6. The average Bonchev–Trinajstić information content (AvgIpc) is 2.65. The molecule has 0 atom stereocenters. The fraction of sp³-hybridized carbons (Fsp3) is 0.444. The van der Waals surface area contributed by atoms with Crippen LogP contribution >= 0.6 is 0 Å². The Hall–Kier alpha value is -1.65. The minimum Gasteiger partial charge on any atom is -0.462 e. The van der Waals surface area contributed by atoms with E-state index in [4.69, 9.17) is 4.74 Å². The highest BCUT2D eigenvalue weighted by Gasteiger charge is 1.99. The predicted octanol–water partition coefficient (Wildman–Crippen LogP) is 1.70. The van der Waals surface area contributed by atoms with Crippen molar-refractivity contribution in [1.82, 2.24) is 0 Å². The van der Waals surface area contributed by atoms with E-state index in [1.807, 2.05) is 6.92 Å². The van der Waals surface area contributed by atoms with Gasteiger partial charge in [-0.05, 0) is 20.8 Å². The van der Waals surface area contributed by atoms with Gasteiger partial charge >= 0.3 is 5.82 Å². The number of allylic oxidation sites excluding steroid dienone is 1.